The molecular formula is C23H27N5O5S. The van der Waals surface area contributed by atoms with Crippen LogP contribution in [0.2, 0.25) is 0 Å². The molecule has 0 radical (unpaired) electrons. The number of nitrogen functional groups attached to an aromatic ring is 1. The van der Waals surface area contributed by atoms with Crippen molar-refractivity contribution in [3.8, 4) is 0 Å². The van der Waals surface area contributed by atoms with Crippen molar-refractivity contribution in [2.75, 3.05) is 13.2 Å². The van der Waals surface area contributed by atoms with Crippen molar-refractivity contribution >= 4 is 27.7 Å². The van der Waals surface area contributed by atoms with Gasteiger partial charge in [0, 0.05) is 18.7 Å². The van der Waals surface area contributed by atoms with Crippen LogP contribution in [0.4, 0.5) is 0 Å². The molecule has 0 bridgehead atoms. The Balaban J connectivity index is 1.61. The van der Waals surface area contributed by atoms with E-state index in [0.717, 1.165) is 5.56 Å². The molecular weight excluding hydrogens is 458 g/mol. The van der Waals surface area contributed by atoms with Crippen LogP contribution >= 0.6 is 0 Å². The van der Waals surface area contributed by atoms with E-state index < -0.39 is 40.5 Å². The zero-order chi connectivity index (χ0) is 24.7. The molecule has 0 aromatic heterocycles. The molecule has 1 unspecified atom stereocenters. The molecule has 10 nitrogen and oxygen atoms in total. The summed E-state index contributed by atoms with van der Waals surface area (Å²) in [7, 11) is -3.92. The number of aliphatic hydroxyl groups is 1. The number of nitrogens with one attached hydrogen (secondary N) is 3. The van der Waals surface area contributed by atoms with Gasteiger partial charge in [-0.1, -0.05) is 66.7 Å². The molecule has 6 N–H and O–H groups in total. The number of nitrogens with two attached hydrogens (primary N) is 1. The second-order valence-corrected chi connectivity index (χ2v) is 9.54. The Morgan fingerprint density at radius 2 is 1.79 bits per heavy atom. The summed E-state index contributed by atoms with van der Waals surface area (Å²) < 4.78 is 27.3. The predicted octanol–water partition coefficient (Wildman–Crippen LogP) is -0.166. The molecule has 2 aromatic carbocycles. The maximum atomic E-state index is 13.0. The fourth-order valence-electron chi connectivity index (χ4n) is 3.49. The number of carbonyl (C=O) groups is 2. The van der Waals surface area contributed by atoms with Crippen molar-refractivity contribution in [1.82, 2.24) is 14.9 Å². The molecule has 0 spiro atoms. The average Bonchev–Trinajstić information content (AvgIpc) is 3.31. The molecule has 34 heavy (non-hydrogen) atoms. The van der Waals surface area contributed by atoms with E-state index in [9.17, 15) is 23.1 Å². The fraction of sp³-hybridized carbons (Fsp3) is 0.261. The Kier molecular flexibility index (Phi) is 8.16. The topological polar surface area (TPSA) is 166 Å². The number of amidine groups is 1. The second kappa shape index (κ2) is 11.1. The van der Waals surface area contributed by atoms with Crippen LogP contribution in [0.15, 0.2) is 66.7 Å². The molecule has 0 saturated heterocycles. The molecule has 2 amide bonds. The maximum absolute atomic E-state index is 13.0. The Hall–Kier alpha value is -3.54. The van der Waals surface area contributed by atoms with Crippen molar-refractivity contribution in [2.45, 2.75) is 24.4 Å². The predicted molar refractivity (Wildman–Crippen MR) is 127 cm³/mol. The second-order valence-electron chi connectivity index (χ2n) is 7.79. The van der Waals surface area contributed by atoms with E-state index >= 15 is 0 Å². The first-order chi connectivity index (χ1) is 16.2. The SMILES string of the molecule is N=C(N)c1ccc(CNC(=O)C2C=CCN2C(=O)[C@@H](CO)NS(=O)(=O)Cc2ccccc2)cc1. The number of benzene rings is 2. The zero-order valence-electron chi connectivity index (χ0n) is 18.3. The zero-order valence-corrected chi connectivity index (χ0v) is 19.2. The van der Waals surface area contributed by atoms with E-state index in [2.05, 4.69) is 10.0 Å². The van der Waals surface area contributed by atoms with E-state index in [-0.39, 0.29) is 24.7 Å². The maximum Gasteiger partial charge on any atom is 0.247 e. The number of sulfonamides is 1. The Labute approximate surface area is 198 Å². The third-order valence-electron chi connectivity index (χ3n) is 5.24. The van der Waals surface area contributed by atoms with Gasteiger partial charge >= 0.3 is 0 Å². The molecule has 3 rings (SSSR count). The lowest BCUT2D eigenvalue weighted by molar-refractivity contribution is -0.139. The van der Waals surface area contributed by atoms with Crippen molar-refractivity contribution in [2.24, 2.45) is 5.73 Å². The van der Waals surface area contributed by atoms with E-state index in [1.54, 1.807) is 66.7 Å². The average molecular weight is 486 g/mol. The fourth-order valence-corrected chi connectivity index (χ4v) is 4.81. The van der Waals surface area contributed by atoms with Crippen molar-refractivity contribution in [3.63, 3.8) is 0 Å². The third-order valence-corrected chi connectivity index (χ3v) is 6.60. The van der Waals surface area contributed by atoms with E-state index in [4.69, 9.17) is 11.1 Å². The summed E-state index contributed by atoms with van der Waals surface area (Å²) in [6, 6.07) is 12.9. The van der Waals surface area contributed by atoms with E-state index in [1.807, 2.05) is 0 Å². The first kappa shape index (κ1) is 25.1. The molecule has 0 aliphatic carbocycles. The van der Waals surface area contributed by atoms with E-state index in [0.29, 0.717) is 11.1 Å². The summed E-state index contributed by atoms with van der Waals surface area (Å²) in [5, 5.41) is 19.9. The van der Waals surface area contributed by atoms with Gasteiger partial charge < -0.3 is 21.1 Å². The molecule has 1 aliphatic heterocycles. The van der Waals surface area contributed by atoms with Gasteiger partial charge in [0.2, 0.25) is 21.8 Å². The number of aliphatic hydroxyl groups excluding tert-OH is 1. The van der Waals surface area contributed by atoms with Gasteiger partial charge in [-0.2, -0.15) is 0 Å². The molecule has 1 heterocycles. The highest BCUT2D eigenvalue weighted by atomic mass is 32.2. The smallest absolute Gasteiger partial charge is 0.247 e. The van der Waals surface area contributed by atoms with Crippen LogP contribution in [-0.4, -0.2) is 61.3 Å². The van der Waals surface area contributed by atoms with Crippen LogP contribution in [0.1, 0.15) is 16.7 Å². The van der Waals surface area contributed by atoms with Crippen molar-refractivity contribution < 1.29 is 23.1 Å². The van der Waals surface area contributed by atoms with Crippen LogP contribution in [0.3, 0.4) is 0 Å². The first-order valence-corrected chi connectivity index (χ1v) is 12.2. The van der Waals surface area contributed by atoms with Crippen molar-refractivity contribution in [3.05, 3.63) is 83.4 Å². The largest absolute Gasteiger partial charge is 0.394 e. The first-order valence-electron chi connectivity index (χ1n) is 10.5. The van der Waals surface area contributed by atoms with Crippen LogP contribution in [0.5, 0.6) is 0 Å². The summed E-state index contributed by atoms with van der Waals surface area (Å²) in [5.74, 6) is -1.54. The molecule has 2 atom stereocenters. The highest BCUT2D eigenvalue weighted by Crippen LogP contribution is 2.14. The highest BCUT2D eigenvalue weighted by molar-refractivity contribution is 7.88. The Morgan fingerprint density at radius 3 is 2.41 bits per heavy atom. The molecule has 0 saturated carbocycles. The highest BCUT2D eigenvalue weighted by Gasteiger charge is 2.35. The molecule has 11 heteroatoms. The minimum Gasteiger partial charge on any atom is -0.394 e. The number of hydrogen-bond donors (Lipinski definition) is 5. The molecule has 1 aliphatic rings. The number of rotatable bonds is 10. The standard InChI is InChI=1S/C23H27N5O5S/c24-21(25)18-10-8-16(9-11-18)13-26-22(30)20-7-4-12-28(20)23(31)19(14-29)27-34(32,33)15-17-5-2-1-3-6-17/h1-11,19-20,27,29H,12-15H2,(H3,24,25)(H,26,30)/t19-,20?/m1/s1. The van der Waals surface area contributed by atoms with Gasteiger partial charge in [-0.05, 0) is 11.1 Å². The van der Waals surface area contributed by atoms with Crippen LogP contribution in [-0.2, 0) is 31.9 Å². The summed E-state index contributed by atoms with van der Waals surface area (Å²) in [6.07, 6.45) is 3.19. The van der Waals surface area contributed by atoms with Gasteiger partial charge in [-0.25, -0.2) is 13.1 Å². The lowest BCUT2D eigenvalue weighted by atomic mass is 10.1. The van der Waals surface area contributed by atoms with Crippen LogP contribution < -0.4 is 15.8 Å². The Morgan fingerprint density at radius 1 is 1.12 bits per heavy atom. The number of nitrogens with zero attached hydrogens (tertiary/aromatic N) is 1. The lowest BCUT2D eigenvalue weighted by Crippen LogP contribution is -2.55. The van der Waals surface area contributed by atoms with E-state index in [1.165, 1.54) is 4.90 Å². The molecule has 0 fully saturated rings. The monoisotopic (exact) mass is 485 g/mol. The van der Waals surface area contributed by atoms with Crippen molar-refractivity contribution in [1.29, 1.82) is 5.41 Å². The Bertz CT molecular complexity index is 1170. The number of hydrogen-bond acceptors (Lipinski definition) is 6. The van der Waals surface area contributed by atoms with Gasteiger partial charge in [0.15, 0.2) is 0 Å². The number of carbonyl (C=O) groups excluding carboxylic acids is 2. The van der Waals surface area contributed by atoms with Gasteiger partial charge in [0.05, 0.1) is 12.4 Å². The quantitative estimate of drug-likeness (QED) is 0.178. The van der Waals surface area contributed by atoms with Gasteiger partial charge in [-0.15, -0.1) is 0 Å². The lowest BCUT2D eigenvalue weighted by Gasteiger charge is -2.27. The summed E-state index contributed by atoms with van der Waals surface area (Å²) in [5.41, 5.74) is 7.31. The van der Waals surface area contributed by atoms with Gasteiger partial charge in [0.1, 0.15) is 17.9 Å². The van der Waals surface area contributed by atoms with Gasteiger partial charge in [0.25, 0.3) is 0 Å². The van der Waals surface area contributed by atoms with Crippen LogP contribution in [0, 0.1) is 5.41 Å². The third kappa shape index (κ3) is 6.50. The normalized spacial score (nSPS) is 16.3. The minimum absolute atomic E-state index is 0.0568. The van der Waals surface area contributed by atoms with Gasteiger partial charge in [-0.3, -0.25) is 15.0 Å². The summed E-state index contributed by atoms with van der Waals surface area (Å²) in [4.78, 5) is 26.9. The number of amides is 2. The molecule has 2 aromatic rings. The molecule has 180 valence electrons. The van der Waals surface area contributed by atoms with Crippen LogP contribution in [0.25, 0.3) is 0 Å². The minimum atomic E-state index is -3.92. The summed E-state index contributed by atoms with van der Waals surface area (Å²) in [6.45, 7) is -0.447. The summed E-state index contributed by atoms with van der Waals surface area (Å²) >= 11 is 0.